The summed E-state index contributed by atoms with van der Waals surface area (Å²) in [4.78, 5) is 2.11. The van der Waals surface area contributed by atoms with E-state index >= 15 is 0 Å². The van der Waals surface area contributed by atoms with Crippen molar-refractivity contribution in [2.24, 2.45) is 5.92 Å². The van der Waals surface area contributed by atoms with Crippen molar-refractivity contribution in [3.05, 3.63) is 12.7 Å². The van der Waals surface area contributed by atoms with E-state index < -0.39 is 0 Å². The van der Waals surface area contributed by atoms with Crippen molar-refractivity contribution in [2.45, 2.75) is 32.8 Å². The zero-order valence-corrected chi connectivity index (χ0v) is 9.82. The van der Waals surface area contributed by atoms with Gasteiger partial charge in [-0.25, -0.2) is 0 Å². The first-order chi connectivity index (χ1) is 7.13. The van der Waals surface area contributed by atoms with Crippen LogP contribution in [0.3, 0.4) is 0 Å². The summed E-state index contributed by atoms with van der Waals surface area (Å²) in [7, 11) is 0. The molecule has 0 rings (SSSR count). The lowest BCUT2D eigenvalue weighted by Gasteiger charge is -2.24. The maximum Gasteiger partial charge on any atom is 0.0670 e. The smallest absolute Gasteiger partial charge is 0.0670 e. The number of hydrogen-bond donors (Lipinski definition) is 1. The van der Waals surface area contributed by atoms with Crippen molar-refractivity contribution in [1.29, 1.82) is 5.26 Å². The Kier molecular flexibility index (Phi) is 7.98. The lowest BCUT2D eigenvalue weighted by atomic mass is 10.1. The van der Waals surface area contributed by atoms with Gasteiger partial charge in [-0.1, -0.05) is 13.0 Å². The highest BCUT2D eigenvalue weighted by Crippen LogP contribution is 2.04. The van der Waals surface area contributed by atoms with Gasteiger partial charge in [-0.3, -0.25) is 4.90 Å². The third-order valence-corrected chi connectivity index (χ3v) is 2.37. The Morgan fingerprint density at radius 3 is 2.67 bits per heavy atom. The SMILES string of the molecule is C=CCCC(O)CN(CC)CC(C)C#N. The molecule has 86 valence electrons. The predicted octanol–water partition coefficient (Wildman–Crippen LogP) is 1.80. The molecule has 15 heavy (non-hydrogen) atoms. The number of nitrogens with zero attached hydrogens (tertiary/aromatic N) is 2. The van der Waals surface area contributed by atoms with Gasteiger partial charge < -0.3 is 5.11 Å². The molecule has 3 heteroatoms. The van der Waals surface area contributed by atoms with Crippen molar-refractivity contribution in [1.82, 2.24) is 4.90 Å². The van der Waals surface area contributed by atoms with Crippen LogP contribution in [0.5, 0.6) is 0 Å². The lowest BCUT2D eigenvalue weighted by Crippen LogP contribution is -2.35. The number of rotatable bonds is 8. The van der Waals surface area contributed by atoms with Crippen LogP contribution in [0.4, 0.5) is 0 Å². The Morgan fingerprint density at radius 2 is 2.20 bits per heavy atom. The fraction of sp³-hybridized carbons (Fsp3) is 0.750. The number of allylic oxidation sites excluding steroid dienone is 1. The molecule has 0 aliphatic rings. The molecule has 0 fully saturated rings. The monoisotopic (exact) mass is 210 g/mol. The van der Waals surface area contributed by atoms with Crippen LogP contribution < -0.4 is 0 Å². The largest absolute Gasteiger partial charge is 0.392 e. The van der Waals surface area contributed by atoms with E-state index in [-0.39, 0.29) is 12.0 Å². The Hall–Kier alpha value is -0.850. The average Bonchev–Trinajstić information content (AvgIpc) is 2.25. The molecule has 0 amide bonds. The van der Waals surface area contributed by atoms with Gasteiger partial charge in [0.2, 0.25) is 0 Å². The van der Waals surface area contributed by atoms with Crippen molar-refractivity contribution < 1.29 is 5.11 Å². The summed E-state index contributed by atoms with van der Waals surface area (Å²) in [6.45, 7) is 9.83. The highest BCUT2D eigenvalue weighted by molar-refractivity contribution is 4.82. The zero-order chi connectivity index (χ0) is 11.7. The molecule has 0 saturated heterocycles. The van der Waals surface area contributed by atoms with E-state index in [1.165, 1.54) is 0 Å². The van der Waals surface area contributed by atoms with Crippen molar-refractivity contribution in [3.8, 4) is 6.07 Å². The van der Waals surface area contributed by atoms with Gasteiger partial charge >= 0.3 is 0 Å². The first-order valence-corrected chi connectivity index (χ1v) is 5.54. The average molecular weight is 210 g/mol. The van der Waals surface area contributed by atoms with Crippen LogP contribution in [0.15, 0.2) is 12.7 Å². The van der Waals surface area contributed by atoms with E-state index in [2.05, 4.69) is 17.5 Å². The zero-order valence-electron chi connectivity index (χ0n) is 9.82. The molecular formula is C12H22N2O. The Balaban J connectivity index is 3.87. The van der Waals surface area contributed by atoms with Crippen LogP contribution in [0.2, 0.25) is 0 Å². The molecule has 0 aromatic rings. The molecule has 0 bridgehead atoms. The second kappa shape index (κ2) is 8.46. The molecule has 2 unspecified atom stereocenters. The number of likely N-dealkylation sites (N-methyl/N-ethyl adjacent to an activating group) is 1. The summed E-state index contributed by atoms with van der Waals surface area (Å²) in [5.41, 5.74) is 0. The van der Waals surface area contributed by atoms with E-state index in [1.54, 1.807) is 0 Å². The third kappa shape index (κ3) is 7.12. The van der Waals surface area contributed by atoms with Crippen LogP contribution in [0.1, 0.15) is 26.7 Å². The van der Waals surface area contributed by atoms with Gasteiger partial charge in [0.25, 0.3) is 0 Å². The number of hydrogen-bond acceptors (Lipinski definition) is 3. The molecule has 0 aliphatic carbocycles. The fourth-order valence-electron chi connectivity index (χ4n) is 1.46. The number of aliphatic hydroxyl groups is 1. The van der Waals surface area contributed by atoms with Gasteiger partial charge in [0.15, 0.2) is 0 Å². The van der Waals surface area contributed by atoms with Crippen LogP contribution in [-0.2, 0) is 0 Å². The molecule has 2 atom stereocenters. The van der Waals surface area contributed by atoms with Crippen LogP contribution >= 0.6 is 0 Å². The summed E-state index contributed by atoms with van der Waals surface area (Å²) in [6, 6.07) is 2.21. The summed E-state index contributed by atoms with van der Waals surface area (Å²) < 4.78 is 0. The van der Waals surface area contributed by atoms with Crippen molar-refractivity contribution >= 4 is 0 Å². The van der Waals surface area contributed by atoms with Crippen molar-refractivity contribution in [3.63, 3.8) is 0 Å². The minimum Gasteiger partial charge on any atom is -0.392 e. The van der Waals surface area contributed by atoms with Gasteiger partial charge in [-0.15, -0.1) is 6.58 Å². The number of aliphatic hydroxyl groups excluding tert-OH is 1. The first kappa shape index (κ1) is 14.2. The molecule has 0 aromatic heterocycles. The van der Waals surface area contributed by atoms with Crippen LogP contribution in [-0.4, -0.2) is 35.7 Å². The van der Waals surface area contributed by atoms with E-state index in [1.807, 2.05) is 19.9 Å². The first-order valence-electron chi connectivity index (χ1n) is 5.54. The third-order valence-electron chi connectivity index (χ3n) is 2.37. The quantitative estimate of drug-likeness (QED) is 0.621. The van der Waals surface area contributed by atoms with Crippen molar-refractivity contribution in [2.75, 3.05) is 19.6 Å². The molecule has 0 radical (unpaired) electrons. The maximum absolute atomic E-state index is 9.70. The summed E-state index contributed by atoms with van der Waals surface area (Å²) in [5.74, 6) is 0.0246. The molecular weight excluding hydrogens is 188 g/mol. The Bertz CT molecular complexity index is 210. The highest BCUT2D eigenvalue weighted by Gasteiger charge is 2.12. The Morgan fingerprint density at radius 1 is 1.53 bits per heavy atom. The minimum atomic E-state index is -0.311. The van der Waals surface area contributed by atoms with Crippen LogP contribution in [0.25, 0.3) is 0 Å². The normalized spacial score (nSPS) is 14.6. The highest BCUT2D eigenvalue weighted by atomic mass is 16.3. The molecule has 0 heterocycles. The van der Waals surface area contributed by atoms with E-state index in [0.717, 1.165) is 25.9 Å². The van der Waals surface area contributed by atoms with Gasteiger partial charge in [-0.2, -0.15) is 5.26 Å². The fourth-order valence-corrected chi connectivity index (χ4v) is 1.46. The van der Waals surface area contributed by atoms with Gasteiger partial charge in [0.1, 0.15) is 0 Å². The molecule has 0 spiro atoms. The predicted molar refractivity (Wildman–Crippen MR) is 62.3 cm³/mol. The maximum atomic E-state index is 9.70. The van der Waals surface area contributed by atoms with Gasteiger partial charge in [0, 0.05) is 13.1 Å². The molecule has 3 nitrogen and oxygen atoms in total. The standard InChI is InChI=1S/C12H22N2O/c1-4-6-7-12(15)10-14(5-2)9-11(3)8-13/h4,11-12,15H,1,5-7,9-10H2,2-3H3. The molecule has 0 aliphatic heterocycles. The van der Waals surface area contributed by atoms with E-state index in [9.17, 15) is 5.11 Å². The minimum absolute atomic E-state index is 0.0246. The van der Waals surface area contributed by atoms with Gasteiger partial charge in [0.05, 0.1) is 18.1 Å². The summed E-state index contributed by atoms with van der Waals surface area (Å²) in [5, 5.41) is 18.4. The Labute approximate surface area is 93.0 Å². The lowest BCUT2D eigenvalue weighted by molar-refractivity contribution is 0.105. The summed E-state index contributed by atoms with van der Waals surface area (Å²) >= 11 is 0. The van der Waals surface area contributed by atoms with E-state index in [4.69, 9.17) is 5.26 Å². The summed E-state index contributed by atoms with van der Waals surface area (Å²) in [6.07, 6.45) is 3.10. The topological polar surface area (TPSA) is 47.3 Å². The number of nitriles is 1. The molecule has 1 N–H and O–H groups in total. The second-order valence-electron chi connectivity index (χ2n) is 3.90. The molecule has 0 saturated carbocycles. The second-order valence-corrected chi connectivity index (χ2v) is 3.90. The van der Waals surface area contributed by atoms with Gasteiger partial charge in [-0.05, 0) is 26.3 Å². The molecule has 0 aromatic carbocycles. The van der Waals surface area contributed by atoms with E-state index in [0.29, 0.717) is 6.54 Å². The van der Waals surface area contributed by atoms with Crippen LogP contribution in [0, 0.1) is 17.2 Å².